The summed E-state index contributed by atoms with van der Waals surface area (Å²) < 4.78 is 5.40. The third-order valence-electron chi connectivity index (χ3n) is 3.14. The average Bonchev–Trinajstić information content (AvgIpc) is 2.85. The number of furan rings is 1. The quantitative estimate of drug-likeness (QED) is 0.808. The van der Waals surface area contributed by atoms with Crippen LogP contribution in [0.3, 0.4) is 0 Å². The van der Waals surface area contributed by atoms with E-state index in [1.165, 1.54) is 0 Å². The Morgan fingerprint density at radius 1 is 1.62 bits per heavy atom. The number of carbonyl (C=O) groups is 1. The molecule has 4 nitrogen and oxygen atoms in total. The fourth-order valence-corrected chi connectivity index (χ4v) is 1.97. The smallest absolute Gasteiger partial charge is 0.227 e. The molecule has 1 amide bonds. The molecule has 16 heavy (non-hydrogen) atoms. The minimum Gasteiger partial charge on any atom is -0.465 e. The second-order valence-electron chi connectivity index (χ2n) is 4.68. The van der Waals surface area contributed by atoms with Gasteiger partial charge in [0.1, 0.15) is 11.5 Å². The highest BCUT2D eigenvalue weighted by Crippen LogP contribution is 2.24. The summed E-state index contributed by atoms with van der Waals surface area (Å²) in [4.78, 5) is 12.0. The second-order valence-corrected chi connectivity index (χ2v) is 4.68. The lowest BCUT2D eigenvalue weighted by Gasteiger charge is -2.20. The maximum atomic E-state index is 12.0. The first-order valence-electron chi connectivity index (χ1n) is 5.64. The van der Waals surface area contributed by atoms with Gasteiger partial charge in [-0.2, -0.15) is 0 Å². The van der Waals surface area contributed by atoms with Gasteiger partial charge in [-0.1, -0.05) is 0 Å². The van der Waals surface area contributed by atoms with Gasteiger partial charge in [0, 0.05) is 6.54 Å². The molecule has 0 spiro atoms. The molecule has 1 aromatic rings. The van der Waals surface area contributed by atoms with Gasteiger partial charge in [-0.15, -0.1) is 0 Å². The summed E-state index contributed by atoms with van der Waals surface area (Å²) in [5.74, 6) is 1.78. The van der Waals surface area contributed by atoms with Crippen molar-refractivity contribution in [3.8, 4) is 0 Å². The molecule has 88 valence electrons. The lowest BCUT2D eigenvalue weighted by Crippen LogP contribution is -2.39. The standard InChI is InChI=1S/C12H18N2O2/c1-9-3-4-10(16-9)7-14-11(15)12(2)5-6-13-8-12/h3-4,13H,5-8H2,1-2H3,(H,14,15). The largest absolute Gasteiger partial charge is 0.465 e. The Morgan fingerprint density at radius 2 is 2.44 bits per heavy atom. The Morgan fingerprint density at radius 3 is 3.00 bits per heavy atom. The molecular formula is C12H18N2O2. The topological polar surface area (TPSA) is 54.3 Å². The van der Waals surface area contributed by atoms with E-state index in [1.807, 2.05) is 26.0 Å². The minimum atomic E-state index is -0.262. The van der Waals surface area contributed by atoms with Gasteiger partial charge in [0.15, 0.2) is 0 Å². The van der Waals surface area contributed by atoms with Gasteiger partial charge in [-0.3, -0.25) is 4.79 Å². The van der Waals surface area contributed by atoms with Crippen LogP contribution in [0.25, 0.3) is 0 Å². The summed E-state index contributed by atoms with van der Waals surface area (Å²) in [5.41, 5.74) is -0.262. The van der Waals surface area contributed by atoms with Gasteiger partial charge in [-0.25, -0.2) is 0 Å². The number of hydrogen-bond donors (Lipinski definition) is 2. The van der Waals surface area contributed by atoms with Crippen LogP contribution in [0, 0.1) is 12.3 Å². The van der Waals surface area contributed by atoms with Crippen LogP contribution >= 0.6 is 0 Å². The van der Waals surface area contributed by atoms with Crippen LogP contribution in [0.5, 0.6) is 0 Å². The van der Waals surface area contributed by atoms with Crippen LogP contribution in [0.15, 0.2) is 16.5 Å². The first-order valence-corrected chi connectivity index (χ1v) is 5.64. The van der Waals surface area contributed by atoms with Crippen molar-refractivity contribution in [1.29, 1.82) is 0 Å². The third-order valence-corrected chi connectivity index (χ3v) is 3.14. The van der Waals surface area contributed by atoms with E-state index in [4.69, 9.17) is 4.42 Å². The summed E-state index contributed by atoms with van der Waals surface area (Å²) in [6, 6.07) is 3.80. The number of hydrogen-bond acceptors (Lipinski definition) is 3. The van der Waals surface area contributed by atoms with Gasteiger partial charge in [0.05, 0.1) is 12.0 Å². The molecule has 2 heterocycles. The lowest BCUT2D eigenvalue weighted by atomic mass is 9.89. The van der Waals surface area contributed by atoms with Crippen LogP contribution in [0.1, 0.15) is 24.9 Å². The van der Waals surface area contributed by atoms with E-state index in [0.29, 0.717) is 6.54 Å². The normalized spacial score (nSPS) is 24.6. The fraction of sp³-hybridized carbons (Fsp3) is 0.583. The molecule has 1 unspecified atom stereocenters. The van der Waals surface area contributed by atoms with Crippen LogP contribution in [0.4, 0.5) is 0 Å². The molecule has 1 aliphatic rings. The van der Waals surface area contributed by atoms with Crippen molar-refractivity contribution < 1.29 is 9.21 Å². The Bertz CT molecular complexity index is 378. The summed E-state index contributed by atoms with van der Waals surface area (Å²) in [5, 5.41) is 6.13. The molecule has 1 aliphatic heterocycles. The summed E-state index contributed by atoms with van der Waals surface area (Å²) >= 11 is 0. The summed E-state index contributed by atoms with van der Waals surface area (Å²) in [7, 11) is 0. The molecule has 1 fully saturated rings. The van der Waals surface area contributed by atoms with Crippen molar-refractivity contribution in [2.75, 3.05) is 13.1 Å². The zero-order valence-electron chi connectivity index (χ0n) is 9.80. The molecule has 0 saturated carbocycles. The molecule has 0 bridgehead atoms. The highest BCUT2D eigenvalue weighted by Gasteiger charge is 2.35. The predicted octanol–water partition coefficient (Wildman–Crippen LogP) is 1.20. The number of carbonyl (C=O) groups excluding carboxylic acids is 1. The second kappa shape index (κ2) is 4.29. The number of rotatable bonds is 3. The van der Waals surface area contributed by atoms with Gasteiger partial charge >= 0.3 is 0 Å². The molecule has 2 N–H and O–H groups in total. The molecule has 2 rings (SSSR count). The zero-order valence-corrected chi connectivity index (χ0v) is 9.80. The Kier molecular flexibility index (Phi) is 3.01. The van der Waals surface area contributed by atoms with E-state index in [0.717, 1.165) is 31.0 Å². The molecule has 1 atom stereocenters. The van der Waals surface area contributed by atoms with E-state index >= 15 is 0 Å². The molecule has 0 aliphatic carbocycles. The Labute approximate surface area is 95.4 Å². The van der Waals surface area contributed by atoms with Gasteiger partial charge in [0.2, 0.25) is 5.91 Å². The minimum absolute atomic E-state index is 0.103. The average molecular weight is 222 g/mol. The number of aryl methyl sites for hydroxylation is 1. The monoisotopic (exact) mass is 222 g/mol. The third kappa shape index (κ3) is 2.27. The highest BCUT2D eigenvalue weighted by molar-refractivity contribution is 5.82. The van der Waals surface area contributed by atoms with Crippen LogP contribution in [-0.4, -0.2) is 19.0 Å². The first-order chi connectivity index (χ1) is 7.60. The van der Waals surface area contributed by atoms with Crippen molar-refractivity contribution in [1.82, 2.24) is 10.6 Å². The zero-order chi connectivity index (χ0) is 11.6. The molecular weight excluding hydrogens is 204 g/mol. The fourth-order valence-electron chi connectivity index (χ4n) is 1.97. The predicted molar refractivity (Wildman–Crippen MR) is 60.9 cm³/mol. The van der Waals surface area contributed by atoms with E-state index in [9.17, 15) is 4.79 Å². The van der Waals surface area contributed by atoms with Crippen molar-refractivity contribution in [3.63, 3.8) is 0 Å². The molecule has 1 aromatic heterocycles. The molecule has 4 heteroatoms. The maximum absolute atomic E-state index is 12.0. The highest BCUT2D eigenvalue weighted by atomic mass is 16.3. The molecule has 0 radical (unpaired) electrons. The van der Waals surface area contributed by atoms with E-state index in [-0.39, 0.29) is 11.3 Å². The maximum Gasteiger partial charge on any atom is 0.227 e. The van der Waals surface area contributed by atoms with Crippen molar-refractivity contribution >= 4 is 5.91 Å². The van der Waals surface area contributed by atoms with Crippen molar-refractivity contribution in [3.05, 3.63) is 23.7 Å². The Hall–Kier alpha value is -1.29. The number of nitrogens with one attached hydrogen (secondary N) is 2. The van der Waals surface area contributed by atoms with E-state index in [1.54, 1.807) is 0 Å². The van der Waals surface area contributed by atoms with Crippen LogP contribution in [-0.2, 0) is 11.3 Å². The van der Waals surface area contributed by atoms with Crippen molar-refractivity contribution in [2.45, 2.75) is 26.8 Å². The Balaban J connectivity index is 1.88. The first kappa shape index (κ1) is 11.2. The van der Waals surface area contributed by atoms with Gasteiger partial charge in [-0.05, 0) is 38.9 Å². The summed E-state index contributed by atoms with van der Waals surface area (Å²) in [6.07, 6.45) is 0.899. The molecule has 1 saturated heterocycles. The molecule has 0 aromatic carbocycles. The summed E-state index contributed by atoms with van der Waals surface area (Å²) in [6.45, 7) is 6.05. The number of amides is 1. The lowest BCUT2D eigenvalue weighted by molar-refractivity contribution is -0.129. The van der Waals surface area contributed by atoms with Crippen LogP contribution in [0.2, 0.25) is 0 Å². The van der Waals surface area contributed by atoms with E-state index < -0.39 is 0 Å². The van der Waals surface area contributed by atoms with Crippen LogP contribution < -0.4 is 10.6 Å². The SMILES string of the molecule is Cc1ccc(CNC(=O)C2(C)CCNC2)o1. The van der Waals surface area contributed by atoms with Gasteiger partial charge < -0.3 is 15.1 Å². The van der Waals surface area contributed by atoms with Crippen molar-refractivity contribution in [2.24, 2.45) is 5.41 Å². The van der Waals surface area contributed by atoms with Gasteiger partial charge in [0.25, 0.3) is 0 Å². The van der Waals surface area contributed by atoms with E-state index in [2.05, 4.69) is 10.6 Å².